The highest BCUT2D eigenvalue weighted by molar-refractivity contribution is 6.19. The Morgan fingerprint density at radius 3 is 2.15 bits per heavy atom. The first kappa shape index (κ1) is 30.2. The number of hydrogen-bond donors (Lipinski definition) is 0. The number of allylic oxidation sites excluding steroid dienone is 4. The largest absolute Gasteiger partial charge is 0.456 e. The van der Waals surface area contributed by atoms with E-state index in [0.717, 1.165) is 61.8 Å². The monoisotopic (exact) mass is 704 g/mol. The van der Waals surface area contributed by atoms with Gasteiger partial charge in [-0.3, -0.25) is 0 Å². The lowest BCUT2D eigenvalue weighted by Crippen LogP contribution is -2.06. The highest BCUT2D eigenvalue weighted by Gasteiger charge is 2.22. The lowest BCUT2D eigenvalue weighted by Gasteiger charge is -2.18. The Balaban J connectivity index is 1.12. The zero-order valence-electron chi connectivity index (χ0n) is 29.7. The lowest BCUT2D eigenvalue weighted by atomic mass is 10.0. The van der Waals surface area contributed by atoms with E-state index in [1.807, 2.05) is 30.3 Å². The number of nitrogens with zero attached hydrogens (tertiary/aromatic N) is 4. The summed E-state index contributed by atoms with van der Waals surface area (Å²) in [5.74, 6) is 0.676. The Hall–Kier alpha value is -7.24. The van der Waals surface area contributed by atoms with Gasteiger partial charge in [0.15, 0.2) is 5.82 Å². The van der Waals surface area contributed by atoms with Gasteiger partial charge in [0.2, 0.25) is 0 Å². The minimum absolute atomic E-state index is 0.245. The number of para-hydroxylation sites is 3. The summed E-state index contributed by atoms with van der Waals surface area (Å²) in [5, 5.41) is 8.09. The Kier molecular flexibility index (Phi) is 6.39. The van der Waals surface area contributed by atoms with Gasteiger partial charge in [-0.05, 0) is 61.0 Å². The van der Waals surface area contributed by atoms with Crippen molar-refractivity contribution in [3.63, 3.8) is 0 Å². The van der Waals surface area contributed by atoms with Gasteiger partial charge in [0.25, 0.3) is 0 Å². The molecule has 1 atom stereocenters. The number of furan rings is 1. The van der Waals surface area contributed by atoms with E-state index in [1.165, 1.54) is 43.6 Å². The maximum atomic E-state index is 6.56. The van der Waals surface area contributed by atoms with Crippen LogP contribution in [0.5, 0.6) is 0 Å². The Labute approximate surface area is 315 Å². The number of fused-ring (bicyclic) bond motifs is 10. The topological polar surface area (TPSA) is 48.8 Å². The van der Waals surface area contributed by atoms with E-state index in [0.29, 0.717) is 5.82 Å². The van der Waals surface area contributed by atoms with Gasteiger partial charge in [-0.25, -0.2) is 9.97 Å². The third-order valence-electron chi connectivity index (χ3n) is 11.4. The molecule has 11 aromatic rings. The number of benzene rings is 7. The minimum atomic E-state index is 0.245. The lowest BCUT2D eigenvalue weighted by molar-refractivity contribution is 0.648. The first-order valence-electron chi connectivity index (χ1n) is 18.9. The Morgan fingerprint density at radius 1 is 0.527 bits per heavy atom. The molecule has 5 heteroatoms. The van der Waals surface area contributed by atoms with Crippen LogP contribution in [0, 0.1) is 0 Å². The quantitative estimate of drug-likeness (QED) is 0.183. The summed E-state index contributed by atoms with van der Waals surface area (Å²) >= 11 is 0. The summed E-state index contributed by atoms with van der Waals surface area (Å²) < 4.78 is 11.5. The van der Waals surface area contributed by atoms with Gasteiger partial charge >= 0.3 is 0 Å². The molecule has 258 valence electrons. The van der Waals surface area contributed by atoms with Gasteiger partial charge in [0.05, 0.1) is 33.8 Å². The van der Waals surface area contributed by atoms with Crippen LogP contribution < -0.4 is 0 Å². The summed E-state index contributed by atoms with van der Waals surface area (Å²) in [6.07, 6.45) is 9.88. The molecule has 1 unspecified atom stereocenters. The predicted molar refractivity (Wildman–Crippen MR) is 227 cm³/mol. The van der Waals surface area contributed by atoms with E-state index in [2.05, 4.69) is 155 Å². The van der Waals surface area contributed by atoms with Gasteiger partial charge in [-0.2, -0.15) is 0 Å². The number of aromatic nitrogens is 4. The third-order valence-corrected chi connectivity index (χ3v) is 11.4. The van der Waals surface area contributed by atoms with E-state index in [9.17, 15) is 0 Å². The highest BCUT2D eigenvalue weighted by atomic mass is 16.3. The minimum Gasteiger partial charge on any atom is -0.456 e. The molecule has 0 spiro atoms. The molecule has 0 bridgehead atoms. The molecule has 55 heavy (non-hydrogen) atoms. The van der Waals surface area contributed by atoms with Crippen LogP contribution in [-0.2, 0) is 0 Å². The molecule has 5 nitrogen and oxygen atoms in total. The molecule has 0 saturated heterocycles. The standard InChI is InChI=1S/C50H32N4O/c1-3-14-31(15-4-1)49-36-20-7-10-22-41(36)51-50(52-49)37-21-13-25-47-48(37)40-28-33(26-27-46(40)55-47)54-43-24-12-9-19-35(43)39-29-38-34-18-8-11-23-42(34)53(44(38)30-45(39)54)32-16-5-2-6-17-32/h1-16,18-30,32H,17H2. The molecule has 4 heterocycles. The van der Waals surface area contributed by atoms with Crippen molar-refractivity contribution in [2.45, 2.75) is 12.5 Å². The highest BCUT2D eigenvalue weighted by Crippen LogP contribution is 2.43. The zero-order valence-corrected chi connectivity index (χ0v) is 29.7. The van der Waals surface area contributed by atoms with Crippen LogP contribution in [0.2, 0.25) is 0 Å². The third kappa shape index (κ3) is 4.47. The van der Waals surface area contributed by atoms with Crippen LogP contribution in [0.15, 0.2) is 180 Å². The van der Waals surface area contributed by atoms with Crippen molar-refractivity contribution in [2.24, 2.45) is 0 Å². The maximum Gasteiger partial charge on any atom is 0.161 e. The van der Waals surface area contributed by atoms with E-state index < -0.39 is 0 Å². The smallest absolute Gasteiger partial charge is 0.161 e. The zero-order chi connectivity index (χ0) is 36.0. The molecule has 0 aliphatic heterocycles. The normalized spacial score (nSPS) is 14.5. The molecule has 12 rings (SSSR count). The maximum absolute atomic E-state index is 6.56. The van der Waals surface area contributed by atoms with Gasteiger partial charge < -0.3 is 13.6 Å². The summed E-state index contributed by atoms with van der Waals surface area (Å²) in [6.45, 7) is 0. The Bertz CT molecular complexity index is 3420. The molecule has 1 aliphatic rings. The predicted octanol–water partition coefficient (Wildman–Crippen LogP) is 13.1. The van der Waals surface area contributed by atoms with Gasteiger partial charge in [0.1, 0.15) is 11.2 Å². The fourth-order valence-electron chi connectivity index (χ4n) is 9.01. The van der Waals surface area contributed by atoms with Crippen LogP contribution in [0.3, 0.4) is 0 Å². The van der Waals surface area contributed by atoms with E-state index in [4.69, 9.17) is 14.4 Å². The van der Waals surface area contributed by atoms with E-state index in [1.54, 1.807) is 0 Å². The van der Waals surface area contributed by atoms with Crippen LogP contribution in [0.4, 0.5) is 0 Å². The molecule has 7 aromatic carbocycles. The average Bonchev–Trinajstić information content (AvgIpc) is 3.90. The Morgan fingerprint density at radius 2 is 1.29 bits per heavy atom. The molecule has 1 aliphatic carbocycles. The van der Waals surface area contributed by atoms with Crippen LogP contribution in [0.25, 0.3) is 105 Å². The second-order valence-electron chi connectivity index (χ2n) is 14.5. The van der Waals surface area contributed by atoms with E-state index in [-0.39, 0.29) is 6.04 Å². The molecule has 0 saturated carbocycles. The summed E-state index contributed by atoms with van der Waals surface area (Å²) in [6, 6.07) is 54.1. The second-order valence-corrected chi connectivity index (χ2v) is 14.5. The van der Waals surface area contributed by atoms with Crippen molar-refractivity contribution in [1.82, 2.24) is 19.1 Å². The molecule has 0 amide bonds. The van der Waals surface area contributed by atoms with Gasteiger partial charge in [-0.1, -0.05) is 121 Å². The van der Waals surface area contributed by atoms with Gasteiger partial charge in [0, 0.05) is 60.0 Å². The molecule has 0 fully saturated rings. The van der Waals surface area contributed by atoms with Crippen molar-refractivity contribution in [3.8, 4) is 28.3 Å². The van der Waals surface area contributed by atoms with Crippen LogP contribution >= 0.6 is 0 Å². The fourth-order valence-corrected chi connectivity index (χ4v) is 9.01. The SMILES string of the molecule is C1=CCC(n2c3ccccc3c3cc4c5ccccc5n(-c5ccc6oc7cccc(-c8nc(-c9ccccc9)c9ccccc9n8)c7c6c5)c4cc32)C=C1. The number of rotatable bonds is 4. The second kappa shape index (κ2) is 11.6. The molecular weight excluding hydrogens is 673 g/mol. The number of hydrogen-bond acceptors (Lipinski definition) is 3. The van der Waals surface area contributed by atoms with E-state index >= 15 is 0 Å². The molecule has 4 aromatic heterocycles. The van der Waals surface area contributed by atoms with Crippen molar-refractivity contribution >= 4 is 76.5 Å². The van der Waals surface area contributed by atoms with Gasteiger partial charge in [-0.15, -0.1) is 0 Å². The molecule has 0 radical (unpaired) electrons. The summed E-state index contributed by atoms with van der Waals surface area (Å²) in [4.78, 5) is 10.4. The molecular formula is C50H32N4O. The fraction of sp³-hybridized carbons (Fsp3) is 0.0400. The van der Waals surface area contributed by atoms with Crippen molar-refractivity contribution in [3.05, 3.63) is 176 Å². The van der Waals surface area contributed by atoms with Crippen molar-refractivity contribution in [1.29, 1.82) is 0 Å². The van der Waals surface area contributed by atoms with Crippen molar-refractivity contribution in [2.75, 3.05) is 0 Å². The first-order chi connectivity index (χ1) is 27.3. The summed E-state index contributed by atoms with van der Waals surface area (Å²) in [7, 11) is 0. The van der Waals surface area contributed by atoms with Crippen LogP contribution in [-0.4, -0.2) is 19.1 Å². The molecule has 0 N–H and O–H groups in total. The summed E-state index contributed by atoms with van der Waals surface area (Å²) in [5.41, 5.74) is 11.4. The first-order valence-corrected chi connectivity index (χ1v) is 18.9. The average molecular weight is 705 g/mol. The van der Waals surface area contributed by atoms with Crippen LogP contribution in [0.1, 0.15) is 12.5 Å². The van der Waals surface area contributed by atoms with Crippen molar-refractivity contribution < 1.29 is 4.42 Å².